The number of rotatable bonds is 8. The van der Waals surface area contributed by atoms with E-state index in [-0.39, 0.29) is 29.5 Å². The van der Waals surface area contributed by atoms with Crippen molar-refractivity contribution in [2.75, 3.05) is 13.2 Å². The van der Waals surface area contributed by atoms with Gasteiger partial charge in [-0.2, -0.15) is 8.78 Å². The minimum atomic E-state index is -3.76. The van der Waals surface area contributed by atoms with Crippen LogP contribution in [0.1, 0.15) is 71.1 Å². The highest BCUT2D eigenvalue weighted by Crippen LogP contribution is 2.61. The van der Waals surface area contributed by atoms with Crippen LogP contribution < -0.4 is 0 Å². The Labute approximate surface area is 220 Å². The van der Waals surface area contributed by atoms with Gasteiger partial charge in [0.15, 0.2) is 6.10 Å². The highest BCUT2D eigenvalue weighted by molar-refractivity contribution is 5.89. The summed E-state index contributed by atoms with van der Waals surface area (Å²) in [7, 11) is 0. The second-order valence-electron chi connectivity index (χ2n) is 13.4. The number of aliphatic hydroxyl groups is 1. The molecule has 8 aliphatic carbocycles. The molecule has 0 aliphatic heterocycles. The molecule has 210 valence electrons. The number of esters is 3. The van der Waals surface area contributed by atoms with E-state index in [0.717, 1.165) is 25.7 Å². The predicted molar refractivity (Wildman–Crippen MR) is 125 cm³/mol. The van der Waals surface area contributed by atoms with Crippen molar-refractivity contribution in [2.24, 2.45) is 46.3 Å². The second-order valence-corrected chi connectivity index (χ2v) is 13.4. The van der Waals surface area contributed by atoms with Crippen LogP contribution in [0.2, 0.25) is 0 Å². The number of carbonyl (C=O) groups excluding carboxylic acids is 4. The highest BCUT2D eigenvalue weighted by Gasteiger charge is 2.60. The number of aliphatic hydroxyl groups excluding tert-OH is 1. The molecule has 8 aliphatic rings. The van der Waals surface area contributed by atoms with Crippen LogP contribution in [0.25, 0.3) is 0 Å². The molecule has 5 atom stereocenters. The maximum atomic E-state index is 13.6. The van der Waals surface area contributed by atoms with Crippen LogP contribution in [0.5, 0.6) is 0 Å². The van der Waals surface area contributed by atoms with Crippen molar-refractivity contribution in [3.63, 3.8) is 0 Å². The van der Waals surface area contributed by atoms with Crippen molar-refractivity contribution in [3.8, 4) is 0 Å². The van der Waals surface area contributed by atoms with E-state index < -0.39 is 60.1 Å². The van der Waals surface area contributed by atoms with Gasteiger partial charge in [-0.15, -0.1) is 0 Å². The molecule has 0 spiro atoms. The molecule has 0 amide bonds. The molecule has 10 heteroatoms. The van der Waals surface area contributed by atoms with Gasteiger partial charge in [0.05, 0.1) is 16.9 Å². The fourth-order valence-corrected chi connectivity index (χ4v) is 9.26. The lowest BCUT2D eigenvalue weighted by molar-refractivity contribution is -0.197. The van der Waals surface area contributed by atoms with Crippen molar-refractivity contribution in [2.45, 2.75) is 89.3 Å². The number of carbonyl (C=O) groups is 4. The third kappa shape index (κ3) is 4.34. The van der Waals surface area contributed by atoms with Gasteiger partial charge in [0.25, 0.3) is 0 Å². The number of Topliss-reactive ketones (excluding diaryl/α,β-unsaturated/α-hetero) is 1. The Bertz CT molecular complexity index is 1000. The Morgan fingerprint density at radius 1 is 0.868 bits per heavy atom. The van der Waals surface area contributed by atoms with Crippen LogP contribution in [0.4, 0.5) is 8.78 Å². The summed E-state index contributed by atoms with van der Waals surface area (Å²) in [5.41, 5.74) is -1.49. The van der Waals surface area contributed by atoms with Crippen LogP contribution in [-0.4, -0.2) is 60.1 Å². The van der Waals surface area contributed by atoms with E-state index >= 15 is 0 Å². The summed E-state index contributed by atoms with van der Waals surface area (Å²) >= 11 is 0. The Hall–Kier alpha value is -2.10. The lowest BCUT2D eigenvalue weighted by Gasteiger charge is -2.57. The van der Waals surface area contributed by atoms with Crippen molar-refractivity contribution in [1.29, 1.82) is 0 Å². The average Bonchev–Trinajstić information content (AvgIpc) is 2.85. The third-order valence-electron chi connectivity index (χ3n) is 10.5. The number of hydrogen-bond donors (Lipinski definition) is 1. The highest BCUT2D eigenvalue weighted by atomic mass is 19.3. The van der Waals surface area contributed by atoms with Crippen molar-refractivity contribution in [3.05, 3.63) is 0 Å². The predicted octanol–water partition coefficient (Wildman–Crippen LogP) is 3.22. The Morgan fingerprint density at radius 2 is 1.34 bits per heavy atom. The Morgan fingerprint density at radius 3 is 1.84 bits per heavy atom. The SMILES string of the molecule is CC(F)(F)C(=O)OC(COC(=O)C12CC3CC(C1)C(=O)C(C3)C2)COC(=O)C12CC3CC(C1)C(O)C(C3)C2. The fraction of sp³-hybridized carbons (Fsp3) is 0.857. The van der Waals surface area contributed by atoms with Gasteiger partial charge in [-0.1, -0.05) is 0 Å². The molecule has 0 saturated heterocycles. The molecule has 0 heterocycles. The minimum absolute atomic E-state index is 0.0503. The summed E-state index contributed by atoms with van der Waals surface area (Å²) < 4.78 is 43.3. The van der Waals surface area contributed by atoms with E-state index in [1.54, 1.807) is 0 Å². The maximum Gasteiger partial charge on any atom is 0.377 e. The summed E-state index contributed by atoms with van der Waals surface area (Å²) in [6, 6.07) is 0. The zero-order chi connectivity index (χ0) is 27.0. The van der Waals surface area contributed by atoms with Gasteiger partial charge in [0, 0.05) is 18.8 Å². The standard InChI is InChI=1S/C28H36F2O8/c1-26(29,30)23(33)38-20(12-36-24(34)27-6-14-2-16(8-27)21(31)17(3-14)9-27)13-37-25(35)28-7-15-4-18(10-28)22(32)19(5-15)11-28/h14-21,31H,2-13H2,1H3. The molecular weight excluding hydrogens is 502 g/mol. The van der Waals surface area contributed by atoms with Gasteiger partial charge in [-0.3, -0.25) is 14.4 Å². The normalized spacial score (nSPS) is 43.2. The summed E-state index contributed by atoms with van der Waals surface area (Å²) in [6.07, 6.45) is 4.82. The second kappa shape index (κ2) is 8.96. The van der Waals surface area contributed by atoms with E-state index in [9.17, 15) is 33.1 Å². The smallest absolute Gasteiger partial charge is 0.377 e. The van der Waals surface area contributed by atoms with E-state index in [1.165, 1.54) is 0 Å². The molecule has 1 N–H and O–H groups in total. The topological polar surface area (TPSA) is 116 Å². The lowest BCUT2D eigenvalue weighted by atomic mass is 9.48. The molecule has 0 aromatic carbocycles. The molecule has 8 nitrogen and oxygen atoms in total. The molecule has 8 bridgehead atoms. The van der Waals surface area contributed by atoms with Gasteiger partial charge in [-0.25, -0.2) is 4.79 Å². The molecule has 8 rings (SSSR count). The lowest BCUT2D eigenvalue weighted by Crippen LogP contribution is -2.56. The third-order valence-corrected chi connectivity index (χ3v) is 10.5. The van der Waals surface area contributed by atoms with Gasteiger partial charge in [0.2, 0.25) is 0 Å². The number of alkyl halides is 2. The van der Waals surface area contributed by atoms with E-state index in [2.05, 4.69) is 0 Å². The number of halogens is 2. The first kappa shape index (κ1) is 26.1. The molecule has 0 aromatic heterocycles. The summed E-state index contributed by atoms with van der Waals surface area (Å²) in [6.45, 7) is -0.599. The molecule has 38 heavy (non-hydrogen) atoms. The molecular formula is C28H36F2O8. The zero-order valence-electron chi connectivity index (χ0n) is 21.7. The summed E-state index contributed by atoms with van der Waals surface area (Å²) in [5.74, 6) is -5.82. The Balaban J connectivity index is 1.10. The van der Waals surface area contributed by atoms with Gasteiger partial charge in [0.1, 0.15) is 19.0 Å². The van der Waals surface area contributed by atoms with Crippen LogP contribution in [0.15, 0.2) is 0 Å². The molecule has 8 fully saturated rings. The molecule has 0 aromatic rings. The van der Waals surface area contributed by atoms with Crippen LogP contribution in [-0.2, 0) is 33.4 Å². The largest absolute Gasteiger partial charge is 0.461 e. The van der Waals surface area contributed by atoms with Crippen LogP contribution in [0, 0.1) is 46.3 Å². The van der Waals surface area contributed by atoms with Crippen molar-refractivity contribution >= 4 is 23.7 Å². The van der Waals surface area contributed by atoms with Gasteiger partial charge in [-0.05, 0) is 87.9 Å². The first-order chi connectivity index (χ1) is 17.9. The number of hydrogen-bond acceptors (Lipinski definition) is 8. The number of ether oxygens (including phenoxy) is 3. The number of ketones is 1. The first-order valence-electron chi connectivity index (χ1n) is 14.0. The van der Waals surface area contributed by atoms with Crippen molar-refractivity contribution < 1.29 is 47.3 Å². The molecule has 0 radical (unpaired) electrons. The summed E-state index contributed by atoms with van der Waals surface area (Å²) in [5, 5.41) is 10.5. The van der Waals surface area contributed by atoms with Crippen molar-refractivity contribution in [1.82, 2.24) is 0 Å². The molecule has 8 saturated carbocycles. The fourth-order valence-electron chi connectivity index (χ4n) is 9.26. The zero-order valence-corrected chi connectivity index (χ0v) is 21.7. The quantitative estimate of drug-likeness (QED) is 0.370. The van der Waals surface area contributed by atoms with Gasteiger partial charge >= 0.3 is 23.8 Å². The average molecular weight is 539 g/mol. The van der Waals surface area contributed by atoms with E-state index in [1.807, 2.05) is 0 Å². The van der Waals surface area contributed by atoms with Gasteiger partial charge < -0.3 is 19.3 Å². The monoisotopic (exact) mass is 538 g/mol. The van der Waals surface area contributed by atoms with E-state index in [0.29, 0.717) is 57.3 Å². The van der Waals surface area contributed by atoms with Crippen LogP contribution in [0.3, 0.4) is 0 Å². The minimum Gasteiger partial charge on any atom is -0.461 e. The van der Waals surface area contributed by atoms with E-state index in [4.69, 9.17) is 14.2 Å². The Kier molecular flexibility index (Phi) is 6.16. The van der Waals surface area contributed by atoms with Crippen LogP contribution >= 0.6 is 0 Å². The first-order valence-corrected chi connectivity index (χ1v) is 14.0. The maximum absolute atomic E-state index is 13.6. The summed E-state index contributed by atoms with van der Waals surface area (Å²) in [4.78, 5) is 50.9. The molecule has 5 unspecified atom stereocenters.